The lowest BCUT2D eigenvalue weighted by atomic mass is 10.1. The minimum atomic E-state index is -0.0345. The van der Waals surface area contributed by atoms with Crippen LogP contribution in [0.3, 0.4) is 0 Å². The second-order valence-corrected chi connectivity index (χ2v) is 5.07. The zero-order chi connectivity index (χ0) is 15.1. The normalized spacial score (nSPS) is 12.2. The number of carbonyl (C=O) groups is 1. The van der Waals surface area contributed by atoms with Crippen LogP contribution in [0.1, 0.15) is 38.8 Å². The predicted molar refractivity (Wildman–Crippen MR) is 79.0 cm³/mol. The molecule has 0 aliphatic carbocycles. The zero-order valence-corrected chi connectivity index (χ0v) is 12.6. The average Bonchev–Trinajstić information content (AvgIpc) is 2.37. The van der Waals surface area contributed by atoms with Crippen molar-refractivity contribution < 1.29 is 14.6 Å². The Labute approximate surface area is 120 Å². The number of benzene rings is 1. The highest BCUT2D eigenvalue weighted by Gasteiger charge is 2.11. The van der Waals surface area contributed by atoms with Crippen LogP contribution < -0.4 is 15.4 Å². The smallest absolute Gasteiger partial charge is 0.221 e. The van der Waals surface area contributed by atoms with E-state index >= 15 is 0 Å². The van der Waals surface area contributed by atoms with E-state index in [4.69, 9.17) is 4.74 Å². The topological polar surface area (TPSA) is 70.6 Å². The molecule has 0 bridgehead atoms. The molecule has 5 heteroatoms. The molecule has 20 heavy (non-hydrogen) atoms. The summed E-state index contributed by atoms with van der Waals surface area (Å²) in [6, 6.07) is 5.33. The zero-order valence-electron chi connectivity index (χ0n) is 12.6. The van der Waals surface area contributed by atoms with Gasteiger partial charge in [0.25, 0.3) is 0 Å². The molecule has 1 atom stereocenters. The van der Waals surface area contributed by atoms with Crippen molar-refractivity contribution in [3.63, 3.8) is 0 Å². The van der Waals surface area contributed by atoms with Crippen LogP contribution in [-0.2, 0) is 4.79 Å². The van der Waals surface area contributed by atoms with Crippen LogP contribution in [0.2, 0.25) is 0 Å². The number of carbonyl (C=O) groups excluding carboxylic acids is 1. The first-order valence-corrected chi connectivity index (χ1v) is 6.83. The number of phenols is 1. The minimum absolute atomic E-state index is 0.0265. The van der Waals surface area contributed by atoms with Crippen molar-refractivity contribution in [2.75, 3.05) is 13.7 Å². The molecule has 5 nitrogen and oxygen atoms in total. The fraction of sp³-hybridized carbons (Fsp3) is 0.533. The van der Waals surface area contributed by atoms with E-state index in [9.17, 15) is 9.90 Å². The fourth-order valence-electron chi connectivity index (χ4n) is 1.92. The van der Waals surface area contributed by atoms with Crippen molar-refractivity contribution in [3.05, 3.63) is 23.8 Å². The van der Waals surface area contributed by atoms with Gasteiger partial charge in [-0.25, -0.2) is 0 Å². The molecule has 0 fully saturated rings. The number of amides is 1. The van der Waals surface area contributed by atoms with E-state index in [1.807, 2.05) is 26.8 Å². The molecule has 112 valence electrons. The van der Waals surface area contributed by atoms with Crippen molar-refractivity contribution in [1.82, 2.24) is 10.6 Å². The Morgan fingerprint density at radius 3 is 2.60 bits per heavy atom. The van der Waals surface area contributed by atoms with Crippen LogP contribution in [0.4, 0.5) is 0 Å². The molecule has 0 aliphatic heterocycles. The Hall–Kier alpha value is -1.75. The number of methoxy groups -OCH3 is 1. The van der Waals surface area contributed by atoms with Crippen LogP contribution >= 0.6 is 0 Å². The van der Waals surface area contributed by atoms with Gasteiger partial charge in [-0.15, -0.1) is 0 Å². The summed E-state index contributed by atoms with van der Waals surface area (Å²) in [5.41, 5.74) is 0.787. The Bertz CT molecular complexity index is 447. The molecular weight excluding hydrogens is 256 g/mol. The molecule has 0 aliphatic rings. The summed E-state index contributed by atoms with van der Waals surface area (Å²) in [7, 11) is 1.56. The van der Waals surface area contributed by atoms with Gasteiger partial charge in [-0.1, -0.05) is 6.07 Å². The average molecular weight is 280 g/mol. The van der Waals surface area contributed by atoms with Gasteiger partial charge < -0.3 is 20.5 Å². The molecule has 1 aromatic rings. The third kappa shape index (κ3) is 5.09. The van der Waals surface area contributed by atoms with Gasteiger partial charge in [0.2, 0.25) is 5.91 Å². The van der Waals surface area contributed by atoms with Crippen molar-refractivity contribution in [2.24, 2.45) is 0 Å². The Kier molecular flexibility index (Phi) is 6.31. The Balaban J connectivity index is 2.47. The van der Waals surface area contributed by atoms with Crippen LogP contribution in [0.5, 0.6) is 11.5 Å². The van der Waals surface area contributed by atoms with Gasteiger partial charge in [0.05, 0.1) is 7.11 Å². The lowest BCUT2D eigenvalue weighted by molar-refractivity contribution is -0.121. The molecule has 0 saturated heterocycles. The molecular formula is C15H24N2O3. The van der Waals surface area contributed by atoms with Crippen molar-refractivity contribution in [3.8, 4) is 11.5 Å². The summed E-state index contributed by atoms with van der Waals surface area (Å²) >= 11 is 0. The van der Waals surface area contributed by atoms with Crippen LogP contribution in [-0.4, -0.2) is 30.7 Å². The van der Waals surface area contributed by atoms with Crippen LogP contribution in [0.15, 0.2) is 18.2 Å². The second-order valence-electron chi connectivity index (χ2n) is 5.07. The third-order valence-corrected chi connectivity index (χ3v) is 2.96. The maximum Gasteiger partial charge on any atom is 0.221 e. The van der Waals surface area contributed by atoms with Gasteiger partial charge in [0.15, 0.2) is 0 Å². The molecule has 1 amide bonds. The lowest BCUT2D eigenvalue weighted by Crippen LogP contribution is -2.33. The monoisotopic (exact) mass is 280 g/mol. The highest BCUT2D eigenvalue weighted by Crippen LogP contribution is 2.28. The summed E-state index contributed by atoms with van der Waals surface area (Å²) in [6.45, 7) is 6.37. The summed E-state index contributed by atoms with van der Waals surface area (Å²) in [4.78, 5) is 11.5. The predicted octanol–water partition coefficient (Wildman–Crippen LogP) is 1.97. The van der Waals surface area contributed by atoms with Gasteiger partial charge in [0.1, 0.15) is 11.5 Å². The van der Waals surface area contributed by atoms with Crippen molar-refractivity contribution in [2.45, 2.75) is 39.3 Å². The lowest BCUT2D eigenvalue weighted by Gasteiger charge is -2.16. The first-order valence-electron chi connectivity index (χ1n) is 6.83. The summed E-state index contributed by atoms with van der Waals surface area (Å²) < 4.78 is 5.05. The van der Waals surface area contributed by atoms with Crippen LogP contribution in [0.25, 0.3) is 0 Å². The molecule has 0 spiro atoms. The van der Waals surface area contributed by atoms with Gasteiger partial charge in [-0.05, 0) is 26.8 Å². The van der Waals surface area contributed by atoms with Gasteiger partial charge in [-0.2, -0.15) is 0 Å². The van der Waals surface area contributed by atoms with Crippen molar-refractivity contribution in [1.29, 1.82) is 0 Å². The first kappa shape index (κ1) is 16.3. The van der Waals surface area contributed by atoms with E-state index in [0.29, 0.717) is 18.7 Å². The molecule has 0 radical (unpaired) electrons. The van der Waals surface area contributed by atoms with E-state index in [1.54, 1.807) is 19.2 Å². The number of rotatable bonds is 7. The second kappa shape index (κ2) is 7.75. The molecule has 1 aromatic carbocycles. The fourth-order valence-corrected chi connectivity index (χ4v) is 1.92. The molecule has 1 rings (SSSR count). The molecule has 0 heterocycles. The van der Waals surface area contributed by atoms with E-state index < -0.39 is 0 Å². The van der Waals surface area contributed by atoms with E-state index in [0.717, 1.165) is 5.56 Å². The standard InChI is InChI=1S/C15H24N2O3/c1-10(2)17-15(19)7-8-16-11(3)13-6-5-12(20-4)9-14(13)18/h5-6,9-11,16,18H,7-8H2,1-4H3,(H,17,19). The largest absolute Gasteiger partial charge is 0.507 e. The third-order valence-electron chi connectivity index (χ3n) is 2.96. The maximum atomic E-state index is 11.5. The number of phenolic OH excluding ortho intramolecular Hbond substituents is 1. The molecule has 3 N–H and O–H groups in total. The number of hydrogen-bond donors (Lipinski definition) is 3. The van der Waals surface area contributed by atoms with Crippen LogP contribution in [0, 0.1) is 0 Å². The molecule has 0 saturated carbocycles. The summed E-state index contributed by atoms with van der Waals surface area (Å²) in [6.07, 6.45) is 0.416. The van der Waals surface area contributed by atoms with E-state index in [2.05, 4.69) is 10.6 Å². The van der Waals surface area contributed by atoms with Crippen molar-refractivity contribution >= 4 is 5.91 Å². The minimum Gasteiger partial charge on any atom is -0.507 e. The molecule has 1 unspecified atom stereocenters. The highest BCUT2D eigenvalue weighted by atomic mass is 16.5. The Morgan fingerprint density at radius 2 is 2.05 bits per heavy atom. The number of ether oxygens (including phenoxy) is 1. The maximum absolute atomic E-state index is 11.5. The van der Waals surface area contributed by atoms with Gasteiger partial charge in [-0.3, -0.25) is 4.79 Å². The Morgan fingerprint density at radius 1 is 1.35 bits per heavy atom. The van der Waals surface area contributed by atoms with E-state index in [1.165, 1.54) is 0 Å². The number of hydrogen-bond acceptors (Lipinski definition) is 4. The van der Waals surface area contributed by atoms with E-state index in [-0.39, 0.29) is 23.7 Å². The SMILES string of the molecule is COc1ccc(C(C)NCCC(=O)NC(C)C)c(O)c1. The first-order chi connectivity index (χ1) is 9.43. The van der Waals surface area contributed by atoms with Gasteiger partial charge >= 0.3 is 0 Å². The number of nitrogens with one attached hydrogen (secondary N) is 2. The van der Waals surface area contributed by atoms with Gasteiger partial charge in [0, 0.05) is 36.7 Å². The highest BCUT2D eigenvalue weighted by molar-refractivity contribution is 5.76. The quantitative estimate of drug-likeness (QED) is 0.714. The number of aromatic hydroxyl groups is 1. The summed E-state index contributed by atoms with van der Waals surface area (Å²) in [5, 5.41) is 16.0. The molecule has 0 aromatic heterocycles. The summed E-state index contributed by atoms with van der Waals surface area (Å²) in [5.74, 6) is 0.837.